The first kappa shape index (κ1) is 21.2. The van der Waals surface area contributed by atoms with Gasteiger partial charge in [-0.1, -0.05) is 23.8 Å². The number of carbonyl (C=O) groups is 1. The zero-order valence-electron chi connectivity index (χ0n) is 16.7. The molecule has 0 saturated carbocycles. The largest absolute Gasteiger partial charge is 0.487 e. The van der Waals surface area contributed by atoms with Gasteiger partial charge in [-0.2, -0.15) is 0 Å². The SMILES string of the molecule is CC1COc2c(NCCOC3C=CC(Cl)=CC3)c(F)c(N)c3c(=O)c(C(=O)O)cn1c23. The number of nitrogens with two attached hydrogens (primary N) is 1. The van der Waals surface area contributed by atoms with Gasteiger partial charge in [0.1, 0.15) is 17.9 Å². The molecule has 1 aliphatic carbocycles. The van der Waals surface area contributed by atoms with Crippen molar-refractivity contribution in [2.45, 2.75) is 25.5 Å². The molecule has 2 aromatic rings. The number of hydrogen-bond donors (Lipinski definition) is 3. The van der Waals surface area contributed by atoms with Crippen LogP contribution in [-0.4, -0.2) is 41.5 Å². The van der Waals surface area contributed by atoms with Crippen LogP contribution in [0.3, 0.4) is 0 Å². The van der Waals surface area contributed by atoms with E-state index >= 15 is 4.39 Å². The second-order valence-electron chi connectivity index (χ2n) is 7.42. The fourth-order valence-corrected chi connectivity index (χ4v) is 3.91. The number of allylic oxidation sites excluding steroid dienone is 2. The Morgan fingerprint density at radius 1 is 1.52 bits per heavy atom. The van der Waals surface area contributed by atoms with Gasteiger partial charge < -0.3 is 30.2 Å². The molecule has 0 saturated heterocycles. The highest BCUT2D eigenvalue weighted by Gasteiger charge is 2.30. The number of nitrogen functional groups attached to an aromatic ring is 1. The van der Waals surface area contributed by atoms with Gasteiger partial charge in [0.2, 0.25) is 5.43 Å². The summed E-state index contributed by atoms with van der Waals surface area (Å²) in [6.45, 7) is 2.52. The highest BCUT2D eigenvalue weighted by Crippen LogP contribution is 2.43. The van der Waals surface area contributed by atoms with E-state index in [0.29, 0.717) is 11.5 Å². The summed E-state index contributed by atoms with van der Waals surface area (Å²) in [5.74, 6) is -2.14. The van der Waals surface area contributed by atoms with Gasteiger partial charge in [-0.05, 0) is 19.4 Å². The molecule has 2 unspecified atom stereocenters. The van der Waals surface area contributed by atoms with Crippen molar-refractivity contribution >= 4 is 39.8 Å². The van der Waals surface area contributed by atoms with Crippen LogP contribution in [0.15, 0.2) is 34.3 Å². The molecule has 2 atom stereocenters. The van der Waals surface area contributed by atoms with Crippen LogP contribution >= 0.6 is 11.6 Å². The van der Waals surface area contributed by atoms with Crippen LogP contribution in [0.1, 0.15) is 29.7 Å². The van der Waals surface area contributed by atoms with Crippen LogP contribution in [0.4, 0.5) is 15.8 Å². The molecule has 8 nitrogen and oxygen atoms in total. The van der Waals surface area contributed by atoms with E-state index in [9.17, 15) is 14.7 Å². The van der Waals surface area contributed by atoms with Crippen molar-refractivity contribution in [2.75, 3.05) is 30.8 Å². The highest BCUT2D eigenvalue weighted by atomic mass is 35.5. The van der Waals surface area contributed by atoms with Crippen molar-refractivity contribution < 1.29 is 23.8 Å². The summed E-state index contributed by atoms with van der Waals surface area (Å²) in [5, 5.41) is 12.8. The highest BCUT2D eigenvalue weighted by molar-refractivity contribution is 6.31. The summed E-state index contributed by atoms with van der Waals surface area (Å²) in [5.41, 5.74) is 4.49. The standard InChI is InChI=1S/C21H21ClFN3O5/c1-10-9-31-20-17(25-6-7-30-12-4-2-11(22)3-5-12)15(23)16(24)14-18(20)26(10)8-13(19(14)27)21(28)29/h2-4,8,10,12,25H,5-7,9,24H2,1H3,(H,28,29). The molecule has 0 spiro atoms. The van der Waals surface area contributed by atoms with Crippen LogP contribution < -0.4 is 21.2 Å². The Hall–Kier alpha value is -3.04. The van der Waals surface area contributed by atoms with Crippen LogP contribution in [0.5, 0.6) is 5.75 Å². The third-order valence-corrected chi connectivity index (χ3v) is 5.61. The quantitative estimate of drug-likeness (QED) is 0.458. The zero-order chi connectivity index (χ0) is 22.3. The van der Waals surface area contributed by atoms with E-state index in [2.05, 4.69) is 5.32 Å². The monoisotopic (exact) mass is 449 g/mol. The van der Waals surface area contributed by atoms with E-state index in [0.717, 1.165) is 0 Å². The molecule has 4 N–H and O–H groups in total. The third kappa shape index (κ3) is 3.75. The van der Waals surface area contributed by atoms with Gasteiger partial charge >= 0.3 is 5.97 Å². The van der Waals surface area contributed by atoms with E-state index < -0.39 is 28.5 Å². The van der Waals surface area contributed by atoms with Gasteiger partial charge in [-0.3, -0.25) is 4.79 Å². The number of carboxylic acid groups (broad SMARTS) is 1. The summed E-state index contributed by atoms with van der Waals surface area (Å²) in [6.07, 6.45) is 7.25. The summed E-state index contributed by atoms with van der Waals surface area (Å²) < 4.78 is 28.2. The molecule has 164 valence electrons. The van der Waals surface area contributed by atoms with E-state index in [4.69, 9.17) is 26.8 Å². The molecule has 4 rings (SSSR count). The van der Waals surface area contributed by atoms with Gasteiger partial charge in [0.15, 0.2) is 11.6 Å². The molecular formula is C21H21ClFN3O5. The van der Waals surface area contributed by atoms with Gasteiger partial charge in [0.25, 0.3) is 0 Å². The molecule has 0 radical (unpaired) electrons. The Morgan fingerprint density at radius 2 is 2.29 bits per heavy atom. The zero-order valence-corrected chi connectivity index (χ0v) is 17.4. The van der Waals surface area contributed by atoms with Gasteiger partial charge in [0, 0.05) is 17.8 Å². The molecular weight excluding hydrogens is 429 g/mol. The third-order valence-electron chi connectivity index (χ3n) is 5.33. The summed E-state index contributed by atoms with van der Waals surface area (Å²) in [4.78, 5) is 24.2. The lowest BCUT2D eigenvalue weighted by Crippen LogP contribution is -2.28. The summed E-state index contributed by atoms with van der Waals surface area (Å²) in [7, 11) is 0. The molecule has 2 heterocycles. The number of carboxylic acids is 1. The van der Waals surface area contributed by atoms with Crippen LogP contribution in [-0.2, 0) is 4.74 Å². The van der Waals surface area contributed by atoms with Gasteiger partial charge in [-0.25, -0.2) is 9.18 Å². The van der Waals surface area contributed by atoms with Crippen LogP contribution in [0, 0.1) is 5.82 Å². The van der Waals surface area contributed by atoms with Crippen molar-refractivity contribution in [3.05, 3.63) is 51.1 Å². The minimum atomic E-state index is -1.40. The average molecular weight is 450 g/mol. The molecule has 10 heteroatoms. The fourth-order valence-electron chi connectivity index (χ4n) is 3.74. The number of halogens is 2. The van der Waals surface area contributed by atoms with Crippen LogP contribution in [0.2, 0.25) is 0 Å². The maximum atomic E-state index is 15.1. The second-order valence-corrected chi connectivity index (χ2v) is 7.86. The molecule has 31 heavy (non-hydrogen) atoms. The average Bonchev–Trinajstić information content (AvgIpc) is 2.74. The molecule has 0 fully saturated rings. The molecule has 0 amide bonds. The lowest BCUT2D eigenvalue weighted by atomic mass is 10.0. The number of nitrogens with one attached hydrogen (secondary N) is 1. The molecule has 1 aromatic carbocycles. The summed E-state index contributed by atoms with van der Waals surface area (Å²) in [6, 6.07) is -0.271. The Kier molecular flexibility index (Phi) is 5.63. The van der Waals surface area contributed by atoms with Crippen molar-refractivity contribution in [2.24, 2.45) is 0 Å². The molecule has 1 aromatic heterocycles. The van der Waals surface area contributed by atoms with Crippen molar-refractivity contribution in [3.63, 3.8) is 0 Å². The van der Waals surface area contributed by atoms with Crippen LogP contribution in [0.25, 0.3) is 10.9 Å². The second kappa shape index (κ2) is 8.24. The molecule has 1 aliphatic heterocycles. The fraction of sp³-hybridized carbons (Fsp3) is 0.333. The maximum Gasteiger partial charge on any atom is 0.341 e. The Bertz CT molecular complexity index is 1190. The van der Waals surface area contributed by atoms with Gasteiger partial charge in [0.05, 0.1) is 35.3 Å². The minimum absolute atomic E-state index is 0.0128. The van der Waals surface area contributed by atoms with E-state index in [1.807, 2.05) is 12.2 Å². The Balaban J connectivity index is 1.67. The Morgan fingerprint density at radius 3 is 2.97 bits per heavy atom. The van der Waals surface area contributed by atoms with Gasteiger partial charge in [-0.15, -0.1) is 0 Å². The van der Waals surface area contributed by atoms with E-state index in [1.165, 1.54) is 6.20 Å². The first-order chi connectivity index (χ1) is 14.8. The van der Waals surface area contributed by atoms with E-state index in [1.54, 1.807) is 17.6 Å². The van der Waals surface area contributed by atoms with E-state index in [-0.39, 0.29) is 54.2 Å². The predicted molar refractivity (Wildman–Crippen MR) is 116 cm³/mol. The maximum absolute atomic E-state index is 15.1. The number of pyridine rings is 1. The topological polar surface area (TPSA) is 116 Å². The lowest BCUT2D eigenvalue weighted by Gasteiger charge is -2.29. The Labute approximate surface area is 181 Å². The normalized spacial score (nSPS) is 19.8. The predicted octanol–water partition coefficient (Wildman–Crippen LogP) is 3.25. The molecule has 0 bridgehead atoms. The number of ether oxygens (including phenoxy) is 2. The molecule has 2 aliphatic rings. The van der Waals surface area contributed by atoms with Crippen molar-refractivity contribution in [1.29, 1.82) is 0 Å². The first-order valence-corrected chi connectivity index (χ1v) is 10.1. The van der Waals surface area contributed by atoms with Crippen molar-refractivity contribution in [1.82, 2.24) is 4.57 Å². The number of nitrogens with zero attached hydrogens (tertiary/aromatic N) is 1. The number of rotatable bonds is 6. The first-order valence-electron chi connectivity index (χ1n) is 9.74. The van der Waals surface area contributed by atoms with Crippen molar-refractivity contribution in [3.8, 4) is 5.75 Å². The smallest absolute Gasteiger partial charge is 0.341 e. The minimum Gasteiger partial charge on any atom is -0.487 e. The number of aromatic carboxylic acids is 1. The number of benzene rings is 1. The number of aromatic nitrogens is 1. The lowest BCUT2D eigenvalue weighted by molar-refractivity contribution is 0.0694. The number of anilines is 2. The number of hydrogen-bond acceptors (Lipinski definition) is 6. The summed E-state index contributed by atoms with van der Waals surface area (Å²) >= 11 is 5.89.